The Balaban J connectivity index is 1.28. The maximum atomic E-state index is 14.1. The van der Waals surface area contributed by atoms with Crippen LogP contribution in [0.25, 0.3) is 5.69 Å². The van der Waals surface area contributed by atoms with Crippen molar-refractivity contribution in [3.63, 3.8) is 0 Å². The maximum absolute atomic E-state index is 14.1. The Labute approximate surface area is 292 Å². The molecule has 10 heteroatoms. The molecule has 2 aromatic carbocycles. The molecule has 0 bridgehead atoms. The molecule has 0 saturated carbocycles. The summed E-state index contributed by atoms with van der Waals surface area (Å²) in [5.74, 6) is -0.163. The van der Waals surface area contributed by atoms with Crippen LogP contribution < -0.4 is 10.2 Å². The molecule has 1 aliphatic heterocycles. The third-order valence-electron chi connectivity index (χ3n) is 9.16. The molecule has 254 valence electrons. The minimum Gasteiger partial charge on any atom is -0.389 e. The number of rotatable bonds is 12. The molecule has 4 heterocycles. The van der Waals surface area contributed by atoms with Gasteiger partial charge in [0.1, 0.15) is 5.01 Å². The number of hydrogen-bond donors (Lipinski definition) is 2. The third-order valence-corrected chi connectivity index (χ3v) is 10.2. The molecule has 3 aromatic heterocycles. The van der Waals surface area contributed by atoms with Crippen LogP contribution in [0.3, 0.4) is 0 Å². The molecular formula is C39H44N6O3S. The van der Waals surface area contributed by atoms with Gasteiger partial charge in [0.2, 0.25) is 0 Å². The van der Waals surface area contributed by atoms with Gasteiger partial charge < -0.3 is 24.8 Å². The molecule has 3 atom stereocenters. The summed E-state index contributed by atoms with van der Waals surface area (Å²) in [6.07, 6.45) is 8.71. The highest BCUT2D eigenvalue weighted by molar-refractivity contribution is 7.09. The molecule has 6 rings (SSSR count). The predicted molar refractivity (Wildman–Crippen MR) is 195 cm³/mol. The lowest BCUT2D eigenvalue weighted by Gasteiger charge is -2.29. The van der Waals surface area contributed by atoms with Crippen LogP contribution in [0.15, 0.2) is 96.9 Å². The highest BCUT2D eigenvalue weighted by Gasteiger charge is 2.33. The zero-order valence-corrected chi connectivity index (χ0v) is 29.3. The van der Waals surface area contributed by atoms with Gasteiger partial charge in [-0.1, -0.05) is 44.2 Å². The van der Waals surface area contributed by atoms with E-state index < -0.39 is 12.1 Å². The number of likely N-dealkylation sites (N-methyl/N-ethyl adjacent to an activating group) is 1. The van der Waals surface area contributed by atoms with Gasteiger partial charge in [-0.15, -0.1) is 11.3 Å². The fraction of sp³-hybridized carbons (Fsp3) is 0.333. The average Bonchev–Trinajstić information content (AvgIpc) is 3.91. The summed E-state index contributed by atoms with van der Waals surface area (Å²) in [5, 5.41) is 17.8. The number of aryl methyl sites for hydroxylation is 1. The standard InChI is InChI=1S/C39H44N6O3S/c1-26(2)31-21-33(23-40-22-31)43(4)24-36(46)34(17-28-11-6-5-7-12-28)42-37(47)29-18-30(20-32(19-29)44-14-8-9-15-44)39(48)45-16-10-13-35(45)38-41-27(3)25-49-38/h5-9,11-12,14-15,18-23,25-26,34-36,46H,10,13,16-17,24H2,1-4H3,(H,42,47)/t34-,35+,36+/m0/s1. The minimum atomic E-state index is -0.905. The number of hydrogen-bond acceptors (Lipinski definition) is 7. The smallest absolute Gasteiger partial charge is 0.254 e. The maximum Gasteiger partial charge on any atom is 0.254 e. The number of nitrogens with one attached hydrogen (secondary N) is 1. The van der Waals surface area contributed by atoms with E-state index in [0.29, 0.717) is 35.7 Å². The van der Waals surface area contributed by atoms with Crippen molar-refractivity contribution in [3.05, 3.63) is 130 Å². The second-order valence-corrected chi connectivity index (χ2v) is 14.1. The number of amides is 2. The number of aliphatic hydroxyl groups is 1. The topological polar surface area (TPSA) is 104 Å². The Kier molecular flexibility index (Phi) is 10.6. The van der Waals surface area contributed by atoms with Crippen LogP contribution in [-0.2, 0) is 6.42 Å². The van der Waals surface area contributed by atoms with Crippen LogP contribution in [0.5, 0.6) is 0 Å². The van der Waals surface area contributed by atoms with Gasteiger partial charge in [0.15, 0.2) is 0 Å². The Bertz CT molecular complexity index is 1870. The van der Waals surface area contributed by atoms with Gasteiger partial charge in [-0.05, 0) is 79.6 Å². The summed E-state index contributed by atoms with van der Waals surface area (Å²) in [7, 11) is 1.92. The Morgan fingerprint density at radius 3 is 2.51 bits per heavy atom. The van der Waals surface area contributed by atoms with Crippen molar-refractivity contribution >= 4 is 28.8 Å². The molecule has 0 unspecified atom stereocenters. The molecule has 1 saturated heterocycles. The van der Waals surface area contributed by atoms with Crippen LogP contribution in [0.4, 0.5) is 5.69 Å². The number of carbonyl (C=O) groups excluding carboxylic acids is 2. The summed E-state index contributed by atoms with van der Waals surface area (Å²) in [5.41, 5.74) is 5.45. The number of nitrogens with zero attached hydrogens (tertiary/aromatic N) is 5. The van der Waals surface area contributed by atoms with E-state index in [-0.39, 0.29) is 24.4 Å². The largest absolute Gasteiger partial charge is 0.389 e. The molecule has 0 aliphatic carbocycles. The minimum absolute atomic E-state index is 0.0856. The van der Waals surface area contributed by atoms with Crippen molar-refractivity contribution in [3.8, 4) is 5.69 Å². The van der Waals surface area contributed by atoms with Crippen molar-refractivity contribution in [1.29, 1.82) is 0 Å². The lowest BCUT2D eigenvalue weighted by molar-refractivity contribution is 0.0735. The zero-order chi connectivity index (χ0) is 34.5. The van der Waals surface area contributed by atoms with Crippen LogP contribution in [-0.4, -0.2) is 68.6 Å². The van der Waals surface area contributed by atoms with Gasteiger partial charge in [0, 0.05) is 66.6 Å². The number of anilines is 1. The molecule has 2 amide bonds. The fourth-order valence-electron chi connectivity index (χ4n) is 6.36. The number of aliphatic hydroxyl groups excluding tert-OH is 1. The molecule has 1 aliphatic rings. The van der Waals surface area contributed by atoms with Gasteiger partial charge in [0.05, 0.1) is 30.1 Å². The summed E-state index contributed by atoms with van der Waals surface area (Å²) in [6, 6.07) is 20.3. The van der Waals surface area contributed by atoms with Crippen LogP contribution in [0, 0.1) is 6.92 Å². The highest BCUT2D eigenvalue weighted by atomic mass is 32.1. The van der Waals surface area contributed by atoms with Gasteiger partial charge in [-0.2, -0.15) is 0 Å². The first-order valence-electron chi connectivity index (χ1n) is 16.9. The number of likely N-dealkylation sites (tertiary alicyclic amines) is 1. The summed E-state index contributed by atoms with van der Waals surface area (Å²) in [6.45, 7) is 7.12. The number of pyridine rings is 1. The van der Waals surface area contributed by atoms with Gasteiger partial charge in [-0.3, -0.25) is 14.6 Å². The quantitative estimate of drug-likeness (QED) is 0.155. The lowest BCUT2D eigenvalue weighted by atomic mass is 9.99. The Morgan fingerprint density at radius 2 is 1.80 bits per heavy atom. The monoisotopic (exact) mass is 676 g/mol. The first-order chi connectivity index (χ1) is 23.7. The third kappa shape index (κ3) is 8.09. The van der Waals surface area contributed by atoms with E-state index in [4.69, 9.17) is 0 Å². The number of benzene rings is 2. The lowest BCUT2D eigenvalue weighted by Crippen LogP contribution is -2.49. The molecule has 0 spiro atoms. The SMILES string of the molecule is Cc1csc([C@H]2CCCN2C(=O)c2cc(C(=O)N[C@@H](Cc3ccccc3)[C@H](O)CN(C)c3cncc(C(C)C)c3)cc(-n3cccc3)c2)n1. The van der Waals surface area contributed by atoms with Crippen molar-refractivity contribution < 1.29 is 14.7 Å². The molecule has 5 aromatic rings. The van der Waals surface area contributed by atoms with E-state index in [1.54, 1.807) is 29.7 Å². The zero-order valence-electron chi connectivity index (χ0n) is 28.5. The normalized spacial score (nSPS) is 15.7. The van der Waals surface area contributed by atoms with Crippen molar-refractivity contribution in [2.24, 2.45) is 0 Å². The van der Waals surface area contributed by atoms with E-state index in [1.807, 2.05) is 101 Å². The first kappa shape index (κ1) is 34.1. The van der Waals surface area contributed by atoms with Crippen LogP contribution in [0.1, 0.15) is 81.2 Å². The summed E-state index contributed by atoms with van der Waals surface area (Å²) in [4.78, 5) is 41.2. The summed E-state index contributed by atoms with van der Waals surface area (Å²) >= 11 is 1.58. The van der Waals surface area contributed by atoms with E-state index in [2.05, 4.69) is 35.2 Å². The van der Waals surface area contributed by atoms with Gasteiger partial charge in [-0.25, -0.2) is 4.98 Å². The van der Waals surface area contributed by atoms with Crippen LogP contribution >= 0.6 is 11.3 Å². The van der Waals surface area contributed by atoms with Crippen molar-refractivity contribution in [2.45, 2.75) is 64.1 Å². The van der Waals surface area contributed by atoms with E-state index in [1.165, 1.54) is 0 Å². The van der Waals surface area contributed by atoms with E-state index in [9.17, 15) is 14.7 Å². The van der Waals surface area contributed by atoms with Crippen LogP contribution in [0.2, 0.25) is 0 Å². The van der Waals surface area contributed by atoms with Crippen molar-refractivity contribution in [2.75, 3.05) is 25.0 Å². The molecule has 1 fully saturated rings. The Morgan fingerprint density at radius 1 is 1.04 bits per heavy atom. The molecule has 9 nitrogen and oxygen atoms in total. The van der Waals surface area contributed by atoms with Crippen molar-refractivity contribution in [1.82, 2.24) is 24.8 Å². The second kappa shape index (κ2) is 15.2. The second-order valence-electron chi connectivity index (χ2n) is 13.2. The first-order valence-corrected chi connectivity index (χ1v) is 17.7. The van der Waals surface area contributed by atoms with Gasteiger partial charge in [0.25, 0.3) is 11.8 Å². The average molecular weight is 677 g/mol. The number of carbonyl (C=O) groups is 2. The van der Waals surface area contributed by atoms with E-state index >= 15 is 0 Å². The fourth-order valence-corrected chi connectivity index (χ4v) is 7.31. The molecule has 2 N–H and O–H groups in total. The molecule has 49 heavy (non-hydrogen) atoms. The van der Waals surface area contributed by atoms with E-state index in [0.717, 1.165) is 40.4 Å². The number of thiazole rings is 1. The number of aromatic nitrogens is 3. The predicted octanol–water partition coefficient (Wildman–Crippen LogP) is 6.58. The van der Waals surface area contributed by atoms with Gasteiger partial charge >= 0.3 is 0 Å². The highest BCUT2D eigenvalue weighted by Crippen LogP contribution is 2.35. The summed E-state index contributed by atoms with van der Waals surface area (Å²) < 4.78 is 1.89. The Hall–Kier alpha value is -4.80. The molecular weight excluding hydrogens is 633 g/mol. The molecule has 0 radical (unpaired) electrons.